The number of carbonyl (C=O) groups excluding carboxylic acids is 1. The molecule has 5 heteroatoms. The summed E-state index contributed by atoms with van der Waals surface area (Å²) in [5.74, 6) is 0. The number of carbonyl (C=O) groups is 1. The van der Waals surface area contributed by atoms with E-state index in [9.17, 15) is 4.79 Å². The van der Waals surface area contributed by atoms with Crippen molar-refractivity contribution >= 4 is 17.4 Å². The van der Waals surface area contributed by atoms with E-state index in [-0.39, 0.29) is 6.03 Å². The summed E-state index contributed by atoms with van der Waals surface area (Å²) in [6.07, 6.45) is 10.1. The van der Waals surface area contributed by atoms with Crippen molar-refractivity contribution < 1.29 is 4.79 Å². The fourth-order valence-electron chi connectivity index (χ4n) is 4.90. The first-order valence-electron chi connectivity index (χ1n) is 11.0. The average molecular weight is 371 g/mol. The minimum absolute atomic E-state index is 0.0705. The molecule has 3 fully saturated rings. The van der Waals surface area contributed by atoms with Gasteiger partial charge in [0.15, 0.2) is 0 Å². The first-order chi connectivity index (χ1) is 13.3. The highest BCUT2D eigenvalue weighted by atomic mass is 16.2. The van der Waals surface area contributed by atoms with Crippen LogP contribution >= 0.6 is 0 Å². The van der Waals surface area contributed by atoms with Gasteiger partial charge in [-0.3, -0.25) is 4.90 Å². The van der Waals surface area contributed by atoms with Gasteiger partial charge >= 0.3 is 6.03 Å². The molecule has 4 rings (SSSR count). The van der Waals surface area contributed by atoms with E-state index >= 15 is 0 Å². The van der Waals surface area contributed by atoms with Crippen LogP contribution in [0, 0.1) is 0 Å². The van der Waals surface area contributed by atoms with Gasteiger partial charge in [-0.25, -0.2) is 4.79 Å². The molecule has 3 heterocycles. The van der Waals surface area contributed by atoms with Crippen LogP contribution in [0.25, 0.3) is 0 Å². The molecule has 3 saturated heterocycles. The topological polar surface area (TPSA) is 38.8 Å². The highest BCUT2D eigenvalue weighted by molar-refractivity contribution is 5.93. The molecule has 3 aliphatic rings. The number of piperidine rings is 1. The molecule has 1 unspecified atom stereocenters. The number of nitrogens with zero attached hydrogens (tertiary/aromatic N) is 3. The smallest absolute Gasteiger partial charge is 0.321 e. The molecular weight excluding hydrogens is 336 g/mol. The van der Waals surface area contributed by atoms with Gasteiger partial charge in [0.25, 0.3) is 0 Å². The van der Waals surface area contributed by atoms with E-state index in [1.54, 1.807) is 0 Å². The molecular formula is C22H34N4O. The summed E-state index contributed by atoms with van der Waals surface area (Å²) >= 11 is 0. The molecule has 0 bridgehead atoms. The molecule has 27 heavy (non-hydrogen) atoms. The van der Waals surface area contributed by atoms with Crippen LogP contribution in [-0.2, 0) is 0 Å². The zero-order chi connectivity index (χ0) is 18.5. The molecule has 0 radical (unpaired) electrons. The summed E-state index contributed by atoms with van der Waals surface area (Å²) in [5.41, 5.74) is 2.15. The lowest BCUT2D eigenvalue weighted by atomic mass is 10.0. The summed E-state index contributed by atoms with van der Waals surface area (Å²) in [6.45, 7) is 6.34. The van der Waals surface area contributed by atoms with Gasteiger partial charge < -0.3 is 15.1 Å². The maximum absolute atomic E-state index is 13.0. The van der Waals surface area contributed by atoms with E-state index in [0.717, 1.165) is 38.3 Å². The van der Waals surface area contributed by atoms with Gasteiger partial charge in [-0.05, 0) is 63.7 Å². The quantitative estimate of drug-likeness (QED) is 0.868. The fourth-order valence-corrected chi connectivity index (χ4v) is 4.90. The monoisotopic (exact) mass is 370 g/mol. The van der Waals surface area contributed by atoms with E-state index in [2.05, 4.69) is 33.3 Å². The van der Waals surface area contributed by atoms with Crippen molar-refractivity contribution in [3.8, 4) is 0 Å². The van der Waals surface area contributed by atoms with Crippen LogP contribution in [0.1, 0.15) is 51.4 Å². The Morgan fingerprint density at radius 2 is 1.56 bits per heavy atom. The largest absolute Gasteiger partial charge is 0.370 e. The van der Waals surface area contributed by atoms with Gasteiger partial charge in [0.05, 0.1) is 11.4 Å². The Hall–Kier alpha value is -1.75. The zero-order valence-corrected chi connectivity index (χ0v) is 16.5. The SMILES string of the molecule is O=C(Nc1ccccc1N1CCCCCC1)N1CCCC(N2CCCC2)C1. The molecule has 0 aromatic heterocycles. The predicted octanol–water partition coefficient (Wildman–Crippen LogP) is 4.16. The van der Waals surface area contributed by atoms with Crippen LogP contribution < -0.4 is 10.2 Å². The van der Waals surface area contributed by atoms with Gasteiger partial charge in [-0.15, -0.1) is 0 Å². The first kappa shape index (κ1) is 18.6. The van der Waals surface area contributed by atoms with Crippen LogP contribution in [0.3, 0.4) is 0 Å². The van der Waals surface area contributed by atoms with E-state index in [4.69, 9.17) is 0 Å². The van der Waals surface area contributed by atoms with Gasteiger partial charge in [-0.1, -0.05) is 25.0 Å². The molecule has 0 aliphatic carbocycles. The van der Waals surface area contributed by atoms with E-state index < -0.39 is 0 Å². The Morgan fingerprint density at radius 3 is 2.33 bits per heavy atom. The number of para-hydroxylation sites is 2. The summed E-state index contributed by atoms with van der Waals surface area (Å²) in [6, 6.07) is 8.94. The maximum Gasteiger partial charge on any atom is 0.321 e. The van der Waals surface area contributed by atoms with Crippen molar-refractivity contribution in [2.45, 2.75) is 57.4 Å². The third kappa shape index (κ3) is 4.57. The number of amides is 2. The van der Waals surface area contributed by atoms with Crippen LogP contribution in [0.2, 0.25) is 0 Å². The van der Waals surface area contributed by atoms with E-state index in [0.29, 0.717) is 6.04 Å². The number of likely N-dealkylation sites (tertiary alicyclic amines) is 2. The standard InChI is InChI=1S/C22H34N4O/c27-22(26-17-9-10-19(18-26)24-13-7-8-14-24)23-20-11-3-4-12-21(20)25-15-5-1-2-6-16-25/h3-4,11-12,19H,1-2,5-10,13-18H2,(H,23,27). The zero-order valence-electron chi connectivity index (χ0n) is 16.5. The van der Waals surface area contributed by atoms with Crippen LogP contribution in [0.4, 0.5) is 16.2 Å². The van der Waals surface area contributed by atoms with E-state index in [1.807, 2.05) is 11.0 Å². The summed E-state index contributed by atoms with van der Waals surface area (Å²) < 4.78 is 0. The average Bonchev–Trinajstić information content (AvgIpc) is 3.12. The summed E-state index contributed by atoms with van der Waals surface area (Å²) in [7, 11) is 0. The van der Waals surface area contributed by atoms with Crippen LogP contribution in [0.5, 0.6) is 0 Å². The number of benzene rings is 1. The van der Waals surface area contributed by atoms with Crippen molar-refractivity contribution in [1.29, 1.82) is 0 Å². The molecule has 0 saturated carbocycles. The van der Waals surface area contributed by atoms with Gasteiger partial charge in [0.2, 0.25) is 0 Å². The molecule has 5 nitrogen and oxygen atoms in total. The number of hydrogen-bond acceptors (Lipinski definition) is 3. The first-order valence-corrected chi connectivity index (χ1v) is 11.0. The van der Waals surface area contributed by atoms with Crippen molar-refractivity contribution in [3.63, 3.8) is 0 Å². The molecule has 1 aromatic carbocycles. The predicted molar refractivity (Wildman–Crippen MR) is 112 cm³/mol. The van der Waals surface area contributed by atoms with Crippen molar-refractivity contribution in [2.24, 2.45) is 0 Å². The minimum Gasteiger partial charge on any atom is -0.370 e. The van der Waals surface area contributed by atoms with Crippen LogP contribution in [-0.4, -0.2) is 61.1 Å². The van der Waals surface area contributed by atoms with Crippen molar-refractivity contribution in [1.82, 2.24) is 9.80 Å². The Morgan fingerprint density at radius 1 is 0.852 bits per heavy atom. The molecule has 2 amide bonds. The van der Waals surface area contributed by atoms with Crippen molar-refractivity contribution in [2.75, 3.05) is 49.5 Å². The van der Waals surface area contributed by atoms with Crippen LogP contribution in [0.15, 0.2) is 24.3 Å². The molecule has 1 aromatic rings. The maximum atomic E-state index is 13.0. The molecule has 148 valence electrons. The summed E-state index contributed by atoms with van der Waals surface area (Å²) in [5, 5.41) is 3.24. The number of urea groups is 1. The van der Waals surface area contributed by atoms with Crippen molar-refractivity contribution in [3.05, 3.63) is 24.3 Å². The van der Waals surface area contributed by atoms with Gasteiger partial charge in [-0.2, -0.15) is 0 Å². The lowest BCUT2D eigenvalue weighted by molar-refractivity contribution is 0.132. The molecule has 3 aliphatic heterocycles. The summed E-state index contributed by atoms with van der Waals surface area (Å²) in [4.78, 5) is 20.1. The molecule has 1 N–H and O–H groups in total. The highest BCUT2D eigenvalue weighted by Crippen LogP contribution is 2.29. The van der Waals surface area contributed by atoms with Gasteiger partial charge in [0, 0.05) is 32.2 Å². The second kappa shape index (κ2) is 8.96. The third-order valence-electron chi connectivity index (χ3n) is 6.43. The lowest BCUT2D eigenvalue weighted by Gasteiger charge is -2.37. The molecule has 0 spiro atoms. The Bertz CT molecular complexity index is 620. The number of rotatable bonds is 3. The fraction of sp³-hybridized carbons (Fsp3) is 0.682. The minimum atomic E-state index is 0.0705. The third-order valence-corrected chi connectivity index (χ3v) is 6.43. The lowest BCUT2D eigenvalue weighted by Crippen LogP contribution is -2.50. The van der Waals surface area contributed by atoms with E-state index in [1.165, 1.54) is 63.7 Å². The van der Waals surface area contributed by atoms with Gasteiger partial charge in [0.1, 0.15) is 0 Å². The second-order valence-electron chi connectivity index (χ2n) is 8.33. The number of anilines is 2. The molecule has 1 atom stereocenters. The number of nitrogens with one attached hydrogen (secondary N) is 1. The Balaban J connectivity index is 1.41. The second-order valence-corrected chi connectivity index (χ2v) is 8.33. The normalized spacial score (nSPS) is 24.7. The number of hydrogen-bond donors (Lipinski definition) is 1. The Kier molecular flexibility index (Phi) is 6.17. The Labute approximate surface area is 163 Å². The highest BCUT2D eigenvalue weighted by Gasteiger charge is 2.29.